The van der Waals surface area contributed by atoms with E-state index >= 15 is 0 Å². The number of aryl methyl sites for hydroxylation is 1. The molecule has 152 valence electrons. The summed E-state index contributed by atoms with van der Waals surface area (Å²) in [6.07, 6.45) is 8.83. The SMILES string of the molecule is CO[C@@H]1CN(c2ccnc(N(C)C)n2)C[C@@H]1Nc1cncc(-n2ccnc2C)n1. The molecular weight excluding hydrogens is 370 g/mol. The average Bonchev–Trinajstić information content (AvgIpc) is 3.34. The van der Waals surface area contributed by atoms with Crippen molar-refractivity contribution >= 4 is 17.6 Å². The molecule has 2 atom stereocenters. The van der Waals surface area contributed by atoms with Crippen molar-refractivity contribution in [2.45, 2.75) is 19.1 Å². The number of rotatable bonds is 6. The Kier molecular flexibility index (Phi) is 5.26. The van der Waals surface area contributed by atoms with Gasteiger partial charge in [0.05, 0.1) is 24.5 Å². The van der Waals surface area contributed by atoms with Crippen LogP contribution in [-0.2, 0) is 4.74 Å². The molecule has 1 N–H and O–H groups in total. The lowest BCUT2D eigenvalue weighted by atomic mass is 10.2. The molecule has 10 heteroatoms. The number of hydrogen-bond acceptors (Lipinski definition) is 9. The van der Waals surface area contributed by atoms with Gasteiger partial charge in [-0.1, -0.05) is 0 Å². The van der Waals surface area contributed by atoms with Crippen LogP contribution in [0.2, 0.25) is 0 Å². The van der Waals surface area contributed by atoms with Crippen LogP contribution in [0.25, 0.3) is 5.82 Å². The Morgan fingerprint density at radius 3 is 2.69 bits per heavy atom. The van der Waals surface area contributed by atoms with Crippen molar-refractivity contribution in [1.29, 1.82) is 0 Å². The van der Waals surface area contributed by atoms with Crippen molar-refractivity contribution in [2.75, 3.05) is 49.4 Å². The first-order chi connectivity index (χ1) is 14.0. The van der Waals surface area contributed by atoms with Crippen molar-refractivity contribution < 1.29 is 4.74 Å². The molecule has 0 saturated carbocycles. The van der Waals surface area contributed by atoms with Crippen molar-refractivity contribution in [2.24, 2.45) is 0 Å². The molecule has 10 nitrogen and oxygen atoms in total. The Balaban J connectivity index is 1.52. The molecule has 0 amide bonds. The molecule has 0 bridgehead atoms. The first kappa shape index (κ1) is 19.1. The summed E-state index contributed by atoms with van der Waals surface area (Å²) in [6.45, 7) is 3.39. The van der Waals surface area contributed by atoms with E-state index < -0.39 is 0 Å². The molecule has 1 aliphatic heterocycles. The minimum absolute atomic E-state index is 0.00629. The molecule has 0 unspecified atom stereocenters. The largest absolute Gasteiger partial charge is 0.377 e. The highest BCUT2D eigenvalue weighted by Gasteiger charge is 2.34. The number of anilines is 3. The zero-order valence-corrected chi connectivity index (χ0v) is 17.0. The van der Waals surface area contributed by atoms with Gasteiger partial charge in [0.2, 0.25) is 5.95 Å². The first-order valence-electron chi connectivity index (χ1n) is 9.42. The van der Waals surface area contributed by atoms with Crippen LogP contribution in [0.5, 0.6) is 0 Å². The third kappa shape index (κ3) is 3.97. The van der Waals surface area contributed by atoms with Gasteiger partial charge in [0, 0.05) is 52.9 Å². The summed E-state index contributed by atoms with van der Waals surface area (Å²) < 4.78 is 7.63. The number of imidazole rings is 1. The Morgan fingerprint density at radius 2 is 1.97 bits per heavy atom. The molecule has 0 aromatic carbocycles. The molecule has 3 aromatic heterocycles. The zero-order valence-electron chi connectivity index (χ0n) is 17.0. The molecule has 4 heterocycles. The van der Waals surface area contributed by atoms with E-state index in [9.17, 15) is 0 Å². The monoisotopic (exact) mass is 395 g/mol. The van der Waals surface area contributed by atoms with Crippen molar-refractivity contribution in [3.8, 4) is 5.82 Å². The van der Waals surface area contributed by atoms with Gasteiger partial charge < -0.3 is 19.9 Å². The van der Waals surface area contributed by atoms with E-state index in [0.29, 0.717) is 11.8 Å². The van der Waals surface area contributed by atoms with E-state index in [4.69, 9.17) is 4.74 Å². The summed E-state index contributed by atoms with van der Waals surface area (Å²) in [4.78, 5) is 26.3. The number of hydrogen-bond donors (Lipinski definition) is 1. The van der Waals surface area contributed by atoms with Crippen LogP contribution < -0.4 is 15.1 Å². The predicted octanol–water partition coefficient (Wildman–Crippen LogP) is 1.14. The number of aromatic nitrogens is 6. The van der Waals surface area contributed by atoms with Gasteiger partial charge in [-0.05, 0) is 13.0 Å². The molecule has 0 radical (unpaired) electrons. The summed E-state index contributed by atoms with van der Waals surface area (Å²) in [5, 5.41) is 3.47. The Bertz CT molecular complexity index is 974. The van der Waals surface area contributed by atoms with Gasteiger partial charge in [0.25, 0.3) is 0 Å². The highest BCUT2D eigenvalue weighted by Crippen LogP contribution is 2.23. The lowest BCUT2D eigenvalue weighted by Crippen LogP contribution is -2.34. The molecule has 1 saturated heterocycles. The van der Waals surface area contributed by atoms with Gasteiger partial charge >= 0.3 is 0 Å². The second kappa shape index (κ2) is 8.00. The summed E-state index contributed by atoms with van der Waals surface area (Å²) >= 11 is 0. The first-order valence-corrected chi connectivity index (χ1v) is 9.42. The predicted molar refractivity (Wildman–Crippen MR) is 111 cm³/mol. The van der Waals surface area contributed by atoms with Gasteiger partial charge in [0.1, 0.15) is 17.5 Å². The van der Waals surface area contributed by atoms with E-state index in [1.54, 1.807) is 31.9 Å². The summed E-state index contributed by atoms with van der Waals surface area (Å²) in [6, 6.07) is 1.97. The van der Waals surface area contributed by atoms with E-state index in [0.717, 1.165) is 30.5 Å². The third-order valence-corrected chi connectivity index (χ3v) is 4.95. The number of nitrogens with zero attached hydrogens (tertiary/aromatic N) is 8. The molecule has 3 aromatic rings. The molecular formula is C19H25N9O. The summed E-state index contributed by atoms with van der Waals surface area (Å²) in [5.41, 5.74) is 0. The number of ether oxygens (including phenoxy) is 1. The highest BCUT2D eigenvalue weighted by molar-refractivity contribution is 5.47. The second-order valence-corrected chi connectivity index (χ2v) is 7.15. The lowest BCUT2D eigenvalue weighted by Gasteiger charge is -2.19. The third-order valence-electron chi connectivity index (χ3n) is 4.95. The maximum Gasteiger partial charge on any atom is 0.226 e. The van der Waals surface area contributed by atoms with E-state index in [1.165, 1.54) is 0 Å². The molecule has 0 aliphatic carbocycles. The molecule has 4 rings (SSSR count). The van der Waals surface area contributed by atoms with Crippen LogP contribution in [0.1, 0.15) is 5.82 Å². The van der Waals surface area contributed by atoms with Crippen LogP contribution in [0.4, 0.5) is 17.6 Å². The van der Waals surface area contributed by atoms with Crippen molar-refractivity contribution in [3.05, 3.63) is 42.9 Å². The summed E-state index contributed by atoms with van der Waals surface area (Å²) in [7, 11) is 5.59. The molecule has 1 fully saturated rings. The van der Waals surface area contributed by atoms with Gasteiger partial charge in [-0.3, -0.25) is 9.55 Å². The van der Waals surface area contributed by atoms with Crippen LogP contribution in [0.3, 0.4) is 0 Å². The minimum Gasteiger partial charge on any atom is -0.377 e. The average molecular weight is 395 g/mol. The quantitative estimate of drug-likeness (QED) is 0.659. The Hall–Kier alpha value is -3.27. The fraction of sp³-hybridized carbons (Fsp3) is 0.421. The van der Waals surface area contributed by atoms with Crippen LogP contribution in [0.15, 0.2) is 37.1 Å². The molecule has 0 spiro atoms. The maximum absolute atomic E-state index is 5.73. The summed E-state index contributed by atoms with van der Waals surface area (Å²) in [5.74, 6) is 3.84. The van der Waals surface area contributed by atoms with Crippen LogP contribution in [0, 0.1) is 6.92 Å². The Labute approximate surface area is 169 Å². The van der Waals surface area contributed by atoms with Crippen molar-refractivity contribution in [3.63, 3.8) is 0 Å². The van der Waals surface area contributed by atoms with Gasteiger partial charge in [0.15, 0.2) is 5.82 Å². The van der Waals surface area contributed by atoms with Crippen LogP contribution in [-0.4, -0.2) is 75.9 Å². The maximum atomic E-state index is 5.73. The fourth-order valence-electron chi connectivity index (χ4n) is 3.42. The Morgan fingerprint density at radius 1 is 1.10 bits per heavy atom. The molecule has 1 aliphatic rings. The van der Waals surface area contributed by atoms with E-state index in [1.807, 2.05) is 42.7 Å². The van der Waals surface area contributed by atoms with Gasteiger partial charge in [-0.25, -0.2) is 15.0 Å². The normalized spacial score (nSPS) is 18.8. The zero-order chi connectivity index (χ0) is 20.4. The highest BCUT2D eigenvalue weighted by atomic mass is 16.5. The lowest BCUT2D eigenvalue weighted by molar-refractivity contribution is 0.113. The topological polar surface area (TPSA) is 97.1 Å². The van der Waals surface area contributed by atoms with E-state index in [2.05, 4.69) is 35.1 Å². The smallest absolute Gasteiger partial charge is 0.226 e. The fourth-order valence-corrected chi connectivity index (χ4v) is 3.42. The minimum atomic E-state index is -0.00629. The van der Waals surface area contributed by atoms with E-state index in [-0.39, 0.29) is 12.1 Å². The number of methoxy groups -OCH3 is 1. The van der Waals surface area contributed by atoms with Crippen LogP contribution >= 0.6 is 0 Å². The van der Waals surface area contributed by atoms with Gasteiger partial charge in [-0.15, -0.1) is 0 Å². The number of nitrogens with one attached hydrogen (secondary N) is 1. The van der Waals surface area contributed by atoms with Gasteiger partial charge in [-0.2, -0.15) is 4.98 Å². The van der Waals surface area contributed by atoms with Crippen molar-refractivity contribution in [1.82, 2.24) is 29.5 Å². The standard InChI is InChI=1S/C19H25N9O/c1-13-21-7-8-28(13)18-10-20-9-16(24-18)23-14-11-27(12-15(14)29-4)17-5-6-22-19(25-17)26(2)3/h5-10,14-15H,11-12H2,1-4H3,(H,23,24)/t14-,15+/m0/s1. The second-order valence-electron chi connectivity index (χ2n) is 7.15. The molecule has 29 heavy (non-hydrogen) atoms.